The number of aromatic nitrogens is 2. The molecule has 0 radical (unpaired) electrons. The molecule has 9 heteroatoms. The summed E-state index contributed by atoms with van der Waals surface area (Å²) in [6.07, 6.45) is 0. The Labute approximate surface area is 186 Å². The van der Waals surface area contributed by atoms with E-state index in [1.165, 1.54) is 17.0 Å². The number of likely N-dealkylation sites (N-methyl/N-ethyl adjacent to an activating group) is 2. The van der Waals surface area contributed by atoms with Crippen molar-refractivity contribution in [1.29, 1.82) is 0 Å². The number of quaternary nitrogens is 1. The van der Waals surface area contributed by atoms with Crippen molar-refractivity contribution in [2.24, 2.45) is 10.2 Å². The molecule has 3 rings (SSSR count). The molecule has 0 atom stereocenters. The van der Waals surface area contributed by atoms with Gasteiger partial charge in [-0.15, -0.1) is 10.2 Å². The number of pyridine rings is 1. The summed E-state index contributed by atoms with van der Waals surface area (Å²) in [6.45, 7) is 5.26. The monoisotopic (exact) mass is 478 g/mol. The topological polar surface area (TPSA) is 63.0 Å². The molecule has 3 aromatic rings. The van der Waals surface area contributed by atoms with Gasteiger partial charge in [0, 0.05) is 18.3 Å². The lowest BCUT2D eigenvalue weighted by atomic mass is 10.2. The number of thiazole rings is 1. The second kappa shape index (κ2) is 10.1. The number of rotatable bonds is 8. The van der Waals surface area contributed by atoms with Crippen LogP contribution in [-0.4, -0.2) is 62.3 Å². The average molecular weight is 479 g/mol. The van der Waals surface area contributed by atoms with Crippen LogP contribution in [0.25, 0.3) is 10.3 Å². The van der Waals surface area contributed by atoms with Crippen LogP contribution in [0.3, 0.4) is 0 Å². The highest BCUT2D eigenvalue weighted by molar-refractivity contribution is 7.21. The van der Waals surface area contributed by atoms with Crippen LogP contribution >= 0.6 is 11.3 Å². The molecule has 2 aromatic heterocycles. The van der Waals surface area contributed by atoms with Crippen LogP contribution in [0.5, 0.6) is 5.88 Å². The zero-order valence-corrected chi connectivity index (χ0v) is 19.9. The Morgan fingerprint density at radius 3 is 2.38 bits per heavy atom. The third-order valence-corrected chi connectivity index (χ3v) is 5.17. The average Bonchev–Trinajstić information content (AvgIpc) is 3.09. The van der Waals surface area contributed by atoms with Gasteiger partial charge in [-0.25, -0.2) is 9.97 Å². The van der Waals surface area contributed by atoms with Gasteiger partial charge in [0.15, 0.2) is 0 Å². The molecule has 0 spiro atoms. The van der Waals surface area contributed by atoms with Gasteiger partial charge >= 0.3 is 0 Å². The first-order valence-electron chi connectivity index (χ1n) is 9.27. The lowest BCUT2D eigenvalue weighted by molar-refractivity contribution is -0.868. The van der Waals surface area contributed by atoms with Crippen molar-refractivity contribution in [1.82, 2.24) is 9.97 Å². The summed E-state index contributed by atoms with van der Waals surface area (Å²) in [4.78, 5) is 12.0. The van der Waals surface area contributed by atoms with E-state index in [9.17, 15) is 0 Å². The van der Waals surface area contributed by atoms with Crippen LogP contribution in [0.1, 0.15) is 6.92 Å². The van der Waals surface area contributed by atoms with Gasteiger partial charge in [-0.3, -0.25) is 0 Å². The molecule has 0 fully saturated rings. The summed E-state index contributed by atoms with van der Waals surface area (Å²) in [5.41, 5.74) is 2.80. The van der Waals surface area contributed by atoms with Gasteiger partial charge in [-0.2, -0.15) is 0 Å². The minimum Gasteiger partial charge on any atom is -1.00 e. The van der Waals surface area contributed by atoms with Crippen LogP contribution in [0.2, 0.25) is 0 Å². The second-order valence-corrected chi connectivity index (χ2v) is 8.44. The van der Waals surface area contributed by atoms with Crippen LogP contribution in [0.4, 0.5) is 16.5 Å². The second-order valence-electron chi connectivity index (χ2n) is 7.48. The van der Waals surface area contributed by atoms with Crippen LogP contribution < -0.4 is 26.6 Å². The van der Waals surface area contributed by atoms with Gasteiger partial charge in [0.1, 0.15) is 10.3 Å². The number of fused-ring (bicyclic) bond motifs is 1. The van der Waals surface area contributed by atoms with E-state index in [1.54, 1.807) is 13.2 Å². The van der Waals surface area contributed by atoms with Gasteiger partial charge < -0.3 is 31.1 Å². The molecular formula is C20H27BrN6OS. The summed E-state index contributed by atoms with van der Waals surface area (Å²) < 4.78 is 6.10. The van der Waals surface area contributed by atoms with Crippen molar-refractivity contribution in [3.05, 3.63) is 36.4 Å². The van der Waals surface area contributed by atoms with E-state index in [0.29, 0.717) is 11.0 Å². The van der Waals surface area contributed by atoms with E-state index >= 15 is 0 Å². The number of methoxy groups -OCH3 is 1. The first-order chi connectivity index (χ1) is 13.4. The Morgan fingerprint density at radius 1 is 1.03 bits per heavy atom. The Bertz CT molecular complexity index is 952. The lowest BCUT2D eigenvalue weighted by Crippen LogP contribution is -3.00. The zero-order valence-electron chi connectivity index (χ0n) is 17.5. The quantitative estimate of drug-likeness (QED) is 0.364. The minimum absolute atomic E-state index is 0. The highest BCUT2D eigenvalue weighted by Gasteiger charge is 2.11. The molecular weight excluding hydrogens is 452 g/mol. The Balaban J connectivity index is 0.00000300. The van der Waals surface area contributed by atoms with Crippen molar-refractivity contribution < 1.29 is 26.2 Å². The van der Waals surface area contributed by atoms with E-state index < -0.39 is 0 Å². The molecule has 1 aromatic carbocycles. The minimum atomic E-state index is 0. The van der Waals surface area contributed by atoms with Gasteiger partial charge in [-0.1, -0.05) is 11.3 Å². The molecule has 0 N–H and O–H groups in total. The fourth-order valence-electron chi connectivity index (χ4n) is 2.67. The number of anilines is 1. The number of ether oxygens (including phenoxy) is 1. The van der Waals surface area contributed by atoms with E-state index in [-0.39, 0.29) is 17.0 Å². The van der Waals surface area contributed by atoms with Gasteiger partial charge in [-0.05, 0) is 37.3 Å². The normalized spacial score (nSPS) is 11.6. The van der Waals surface area contributed by atoms with Crippen molar-refractivity contribution in [3.63, 3.8) is 0 Å². The Morgan fingerprint density at radius 2 is 1.76 bits per heavy atom. The number of nitrogens with zero attached hydrogens (tertiary/aromatic N) is 6. The summed E-state index contributed by atoms with van der Waals surface area (Å²) in [5.74, 6) is 0.570. The predicted molar refractivity (Wildman–Crippen MR) is 115 cm³/mol. The molecule has 156 valence electrons. The zero-order chi connectivity index (χ0) is 20.1. The van der Waals surface area contributed by atoms with Gasteiger partial charge in [0.05, 0.1) is 47.0 Å². The lowest BCUT2D eigenvalue weighted by Gasteiger charge is -2.29. The summed E-state index contributed by atoms with van der Waals surface area (Å²) in [6, 6.07) is 11.8. The number of halogens is 1. The van der Waals surface area contributed by atoms with Crippen molar-refractivity contribution >= 4 is 38.2 Å². The molecule has 0 saturated carbocycles. The summed E-state index contributed by atoms with van der Waals surface area (Å²) >= 11 is 1.39. The van der Waals surface area contributed by atoms with Crippen molar-refractivity contribution in [2.75, 3.05) is 52.8 Å². The first-order valence-corrected chi connectivity index (χ1v) is 10.1. The van der Waals surface area contributed by atoms with E-state index in [1.807, 2.05) is 18.2 Å². The fourth-order valence-corrected chi connectivity index (χ4v) is 3.42. The number of hydrogen-bond donors (Lipinski definition) is 0. The predicted octanol–water partition coefficient (Wildman–Crippen LogP) is 1.65. The Hall–Kier alpha value is -2.10. The maximum Gasteiger partial charge on any atom is 0.232 e. The highest BCUT2D eigenvalue weighted by atomic mass is 79.9. The highest BCUT2D eigenvalue weighted by Crippen LogP contribution is 2.29. The molecule has 29 heavy (non-hydrogen) atoms. The molecule has 0 unspecified atom stereocenters. The Kier molecular flexibility index (Phi) is 8.06. The van der Waals surface area contributed by atoms with E-state index in [2.05, 4.69) is 65.3 Å². The van der Waals surface area contributed by atoms with Crippen molar-refractivity contribution in [2.45, 2.75) is 6.92 Å². The molecule has 0 bridgehead atoms. The fraction of sp³-hybridized carbons (Fsp3) is 0.400. The smallest absolute Gasteiger partial charge is 0.232 e. The molecule has 0 amide bonds. The largest absolute Gasteiger partial charge is 1.00 e. The van der Waals surface area contributed by atoms with Gasteiger partial charge in [0.25, 0.3) is 0 Å². The van der Waals surface area contributed by atoms with Crippen molar-refractivity contribution in [3.8, 4) is 5.88 Å². The van der Waals surface area contributed by atoms with E-state index in [0.717, 1.165) is 40.2 Å². The number of hydrogen-bond acceptors (Lipinski definition) is 7. The third-order valence-electron chi connectivity index (χ3n) is 4.32. The maximum atomic E-state index is 5.15. The molecule has 0 saturated heterocycles. The summed E-state index contributed by atoms with van der Waals surface area (Å²) in [7, 11) is 8.24. The molecule has 0 aliphatic heterocycles. The van der Waals surface area contributed by atoms with Crippen LogP contribution in [0, 0.1) is 0 Å². The standard InChI is InChI=1S/C20H27N6OS.BrH/c1-6-25(13-14-26(2,3)4)16-9-7-15(8-10-16)23-24-20-21-17-11-12-18(27-5)22-19(17)28-20;/h7-12H,6,13-14H2,1-5H3;1H/q+1;/p-1/b24-23+;. The van der Waals surface area contributed by atoms with Crippen LogP contribution in [0.15, 0.2) is 46.6 Å². The number of azo groups is 1. The SMILES string of the molecule is CCN(CC[N+](C)(C)C)c1ccc(/N=N/c2nc3ccc(OC)nc3s2)cc1.[Br-]. The third kappa shape index (κ3) is 6.45. The molecule has 0 aliphatic carbocycles. The maximum absolute atomic E-state index is 5.15. The first kappa shape index (κ1) is 23.2. The molecule has 0 aliphatic rings. The van der Waals surface area contributed by atoms with Gasteiger partial charge in [0.2, 0.25) is 11.0 Å². The van der Waals surface area contributed by atoms with E-state index in [4.69, 9.17) is 4.74 Å². The van der Waals surface area contributed by atoms with Crippen LogP contribution in [-0.2, 0) is 0 Å². The molecule has 7 nitrogen and oxygen atoms in total. The summed E-state index contributed by atoms with van der Waals surface area (Å²) in [5, 5.41) is 9.17. The number of benzene rings is 1. The molecule has 2 heterocycles.